The molecule has 0 aliphatic heterocycles. The molecule has 6 heteroatoms. The van der Waals surface area contributed by atoms with Gasteiger partial charge in [0.15, 0.2) is 15.9 Å². The van der Waals surface area contributed by atoms with E-state index >= 15 is 0 Å². The highest BCUT2D eigenvalue weighted by molar-refractivity contribution is 7.90. The summed E-state index contributed by atoms with van der Waals surface area (Å²) < 4.78 is 28.6. The average Bonchev–Trinajstić information content (AvgIpc) is 2.60. The fourth-order valence-electron chi connectivity index (χ4n) is 2.47. The van der Waals surface area contributed by atoms with E-state index in [0.717, 1.165) is 18.2 Å². The Morgan fingerprint density at radius 1 is 1.08 bits per heavy atom. The third kappa shape index (κ3) is 4.58. The molecule has 0 amide bonds. The lowest BCUT2D eigenvalue weighted by Gasteiger charge is -2.14. The van der Waals surface area contributed by atoms with Gasteiger partial charge >= 0.3 is 5.97 Å². The van der Waals surface area contributed by atoms with Crippen LogP contribution >= 0.6 is 0 Å². The first kappa shape index (κ1) is 19.8. The average molecular weight is 374 g/mol. The summed E-state index contributed by atoms with van der Waals surface area (Å²) >= 11 is 0. The van der Waals surface area contributed by atoms with Crippen LogP contribution in [0, 0.1) is 6.92 Å². The fourth-order valence-corrected chi connectivity index (χ4v) is 3.12. The van der Waals surface area contributed by atoms with Crippen LogP contribution in [0.25, 0.3) is 0 Å². The minimum absolute atomic E-state index is 0.0317. The molecule has 2 aromatic carbocycles. The second-order valence-electron chi connectivity index (χ2n) is 6.21. The topological polar surface area (TPSA) is 77.5 Å². The molecule has 0 aliphatic rings. The monoisotopic (exact) mass is 374 g/mol. The van der Waals surface area contributed by atoms with Crippen LogP contribution in [0.3, 0.4) is 0 Å². The third-order valence-corrected chi connectivity index (χ3v) is 5.27. The maximum Gasteiger partial charge on any atom is 0.339 e. The second kappa shape index (κ2) is 7.83. The van der Waals surface area contributed by atoms with Crippen LogP contribution in [0.5, 0.6) is 0 Å². The van der Waals surface area contributed by atoms with E-state index in [1.54, 1.807) is 25.1 Å². The van der Waals surface area contributed by atoms with Gasteiger partial charge in [-0.25, -0.2) is 13.2 Å². The van der Waals surface area contributed by atoms with Gasteiger partial charge in [-0.2, -0.15) is 0 Å². The van der Waals surface area contributed by atoms with Crippen LogP contribution in [0.2, 0.25) is 0 Å². The molecule has 2 aromatic rings. The van der Waals surface area contributed by atoms with Gasteiger partial charge in [-0.15, -0.1) is 0 Å². The molecule has 0 fully saturated rings. The van der Waals surface area contributed by atoms with Gasteiger partial charge in [-0.1, -0.05) is 37.3 Å². The summed E-state index contributed by atoms with van der Waals surface area (Å²) in [5, 5.41) is 0. The van der Waals surface area contributed by atoms with Crippen molar-refractivity contribution in [3.8, 4) is 0 Å². The number of aryl methyl sites for hydroxylation is 2. The van der Waals surface area contributed by atoms with E-state index in [0.29, 0.717) is 11.1 Å². The van der Waals surface area contributed by atoms with Crippen molar-refractivity contribution in [2.75, 3.05) is 6.26 Å². The van der Waals surface area contributed by atoms with Crippen LogP contribution in [0.15, 0.2) is 47.4 Å². The molecule has 0 N–H and O–H groups in total. The smallest absolute Gasteiger partial charge is 0.339 e. The van der Waals surface area contributed by atoms with Crippen LogP contribution in [0.1, 0.15) is 45.7 Å². The number of ketones is 1. The van der Waals surface area contributed by atoms with Crippen molar-refractivity contribution in [1.29, 1.82) is 0 Å². The summed E-state index contributed by atoms with van der Waals surface area (Å²) in [7, 11) is -3.44. The molecular weight excluding hydrogens is 352 g/mol. The number of hydrogen-bond donors (Lipinski definition) is 0. The molecule has 0 spiro atoms. The van der Waals surface area contributed by atoms with E-state index in [1.807, 2.05) is 19.1 Å². The van der Waals surface area contributed by atoms with Crippen LogP contribution in [0.4, 0.5) is 0 Å². The molecule has 5 nitrogen and oxygen atoms in total. The summed E-state index contributed by atoms with van der Waals surface area (Å²) in [6.07, 6.45) is 0.963. The van der Waals surface area contributed by atoms with E-state index in [2.05, 4.69) is 0 Å². The predicted octanol–water partition coefficient (Wildman–Crippen LogP) is 3.39. The molecule has 138 valence electrons. The zero-order valence-electron chi connectivity index (χ0n) is 15.3. The van der Waals surface area contributed by atoms with Gasteiger partial charge in [-0.3, -0.25) is 4.79 Å². The van der Waals surface area contributed by atoms with Crippen LogP contribution in [-0.4, -0.2) is 32.5 Å². The molecule has 0 radical (unpaired) electrons. The van der Waals surface area contributed by atoms with Gasteiger partial charge < -0.3 is 4.74 Å². The number of hydrogen-bond acceptors (Lipinski definition) is 5. The summed E-state index contributed by atoms with van der Waals surface area (Å²) in [4.78, 5) is 24.9. The van der Waals surface area contributed by atoms with Crippen LogP contribution < -0.4 is 0 Å². The normalized spacial score (nSPS) is 12.5. The standard InChI is InChI=1S/C20H22O5S/c1-5-15-7-9-16(10-8-15)19(21)14(3)25-20(22)18-12-17(26(4,23)24)11-6-13(18)2/h6-12,14H,5H2,1-4H3/t14-/m0/s1. The molecule has 2 rings (SSSR count). The first-order chi connectivity index (χ1) is 12.1. The molecule has 26 heavy (non-hydrogen) atoms. The third-order valence-electron chi connectivity index (χ3n) is 4.16. The Hall–Kier alpha value is -2.47. The number of sulfone groups is 1. The van der Waals surface area contributed by atoms with E-state index in [9.17, 15) is 18.0 Å². The van der Waals surface area contributed by atoms with Crippen molar-refractivity contribution >= 4 is 21.6 Å². The maximum absolute atomic E-state index is 12.4. The van der Waals surface area contributed by atoms with Crippen molar-refractivity contribution in [2.45, 2.75) is 38.2 Å². The van der Waals surface area contributed by atoms with E-state index < -0.39 is 21.9 Å². The van der Waals surface area contributed by atoms with Gasteiger partial charge in [0.1, 0.15) is 0 Å². The summed E-state index contributed by atoms with van der Waals surface area (Å²) in [6.45, 7) is 5.20. The molecular formula is C20H22O5S. The molecule has 0 heterocycles. The molecule has 0 saturated carbocycles. The van der Waals surface area contributed by atoms with Gasteiger partial charge in [-0.05, 0) is 43.5 Å². The van der Waals surface area contributed by atoms with Gasteiger partial charge in [0.25, 0.3) is 0 Å². The fraction of sp³-hybridized carbons (Fsp3) is 0.300. The SMILES string of the molecule is CCc1ccc(C(=O)[C@H](C)OC(=O)c2cc(S(C)(=O)=O)ccc2C)cc1. The summed E-state index contributed by atoms with van der Waals surface area (Å²) in [6, 6.07) is 11.4. The lowest BCUT2D eigenvalue weighted by molar-refractivity contribution is 0.0318. The summed E-state index contributed by atoms with van der Waals surface area (Å²) in [5.74, 6) is -1.03. The zero-order chi connectivity index (χ0) is 19.5. The number of carbonyl (C=O) groups is 2. The molecule has 0 bridgehead atoms. The number of benzene rings is 2. The lowest BCUT2D eigenvalue weighted by atomic mass is 10.0. The minimum Gasteiger partial charge on any atom is -0.451 e. The lowest BCUT2D eigenvalue weighted by Crippen LogP contribution is -2.25. The van der Waals surface area contributed by atoms with Crippen molar-refractivity contribution in [3.05, 3.63) is 64.7 Å². The molecule has 0 aliphatic carbocycles. The first-order valence-corrected chi connectivity index (χ1v) is 10.2. The Morgan fingerprint density at radius 2 is 1.69 bits per heavy atom. The van der Waals surface area contributed by atoms with E-state index in [-0.39, 0.29) is 16.2 Å². The highest BCUT2D eigenvalue weighted by atomic mass is 32.2. The van der Waals surface area contributed by atoms with Crippen molar-refractivity contribution in [1.82, 2.24) is 0 Å². The Kier molecular flexibility index (Phi) is 5.97. The Balaban J connectivity index is 2.19. The quantitative estimate of drug-likeness (QED) is 0.572. The van der Waals surface area contributed by atoms with E-state index in [1.165, 1.54) is 19.1 Å². The Morgan fingerprint density at radius 3 is 2.23 bits per heavy atom. The highest BCUT2D eigenvalue weighted by Gasteiger charge is 2.22. The molecule has 1 atom stereocenters. The molecule has 0 unspecified atom stereocenters. The summed E-state index contributed by atoms with van der Waals surface area (Å²) in [5.41, 5.74) is 2.28. The second-order valence-corrected chi connectivity index (χ2v) is 8.23. The van der Waals surface area contributed by atoms with Gasteiger partial charge in [0, 0.05) is 11.8 Å². The first-order valence-electron chi connectivity index (χ1n) is 8.28. The Bertz CT molecular complexity index is 927. The number of rotatable bonds is 6. The number of ether oxygens (including phenoxy) is 1. The van der Waals surface area contributed by atoms with E-state index in [4.69, 9.17) is 4.74 Å². The minimum atomic E-state index is -3.44. The van der Waals surface area contributed by atoms with Crippen molar-refractivity contribution in [2.24, 2.45) is 0 Å². The van der Waals surface area contributed by atoms with Crippen LogP contribution in [-0.2, 0) is 21.0 Å². The molecule has 0 saturated heterocycles. The number of esters is 1. The Labute approximate surface area is 153 Å². The number of carbonyl (C=O) groups excluding carboxylic acids is 2. The largest absolute Gasteiger partial charge is 0.451 e. The highest BCUT2D eigenvalue weighted by Crippen LogP contribution is 2.18. The van der Waals surface area contributed by atoms with Gasteiger partial charge in [0.2, 0.25) is 5.78 Å². The van der Waals surface area contributed by atoms with Gasteiger partial charge in [0.05, 0.1) is 10.5 Å². The maximum atomic E-state index is 12.4. The number of Topliss-reactive ketones (excluding diaryl/α,β-unsaturated/α-hetero) is 1. The van der Waals surface area contributed by atoms with Crippen molar-refractivity contribution in [3.63, 3.8) is 0 Å². The van der Waals surface area contributed by atoms with Crippen molar-refractivity contribution < 1.29 is 22.7 Å². The zero-order valence-corrected chi connectivity index (χ0v) is 16.1. The predicted molar refractivity (Wildman–Crippen MR) is 99.3 cm³/mol. The molecule has 0 aromatic heterocycles.